The average Bonchev–Trinajstić information content (AvgIpc) is 3.14. The summed E-state index contributed by atoms with van der Waals surface area (Å²) in [6, 6.07) is 7.95. The molecule has 138 valence electrons. The van der Waals surface area contributed by atoms with Gasteiger partial charge in [-0.1, -0.05) is 18.2 Å². The van der Waals surface area contributed by atoms with E-state index in [1.807, 2.05) is 24.3 Å². The van der Waals surface area contributed by atoms with Crippen LogP contribution >= 0.6 is 0 Å². The molecule has 0 radical (unpaired) electrons. The topological polar surface area (TPSA) is 79.9 Å². The monoisotopic (exact) mass is 353 g/mol. The van der Waals surface area contributed by atoms with E-state index in [4.69, 9.17) is 10.5 Å². The van der Waals surface area contributed by atoms with E-state index < -0.39 is 5.60 Å². The van der Waals surface area contributed by atoms with Crippen molar-refractivity contribution in [3.05, 3.63) is 29.8 Å². The number of benzene rings is 1. The Morgan fingerprint density at radius 2 is 1.96 bits per heavy atom. The SMILES string of the molecule is COCc1ccccc1NC(N)=NCC1(O)C2C3CC4C5C3CC2C5C41. The van der Waals surface area contributed by atoms with Gasteiger partial charge in [-0.25, -0.2) is 0 Å². The first-order chi connectivity index (χ1) is 12.6. The first-order valence-electron chi connectivity index (χ1n) is 9.99. The van der Waals surface area contributed by atoms with E-state index in [2.05, 4.69) is 10.3 Å². The highest BCUT2D eigenvalue weighted by Crippen LogP contribution is 2.85. The highest BCUT2D eigenvalue weighted by Gasteiger charge is 2.84. The summed E-state index contributed by atoms with van der Waals surface area (Å²) in [5, 5.41) is 14.8. The number of nitrogens with zero attached hydrogens (tertiary/aromatic N) is 1. The number of anilines is 1. The highest BCUT2D eigenvalue weighted by atomic mass is 16.5. The summed E-state index contributed by atoms with van der Waals surface area (Å²) >= 11 is 0. The second kappa shape index (κ2) is 5.02. The van der Waals surface area contributed by atoms with E-state index in [1.54, 1.807) is 7.11 Å². The van der Waals surface area contributed by atoms with Gasteiger partial charge in [0.2, 0.25) is 0 Å². The Kier molecular flexibility index (Phi) is 2.98. The Balaban J connectivity index is 1.22. The summed E-state index contributed by atoms with van der Waals surface area (Å²) in [4.78, 5) is 4.61. The second-order valence-electron chi connectivity index (χ2n) is 9.24. The van der Waals surface area contributed by atoms with Crippen LogP contribution in [-0.4, -0.2) is 30.3 Å². The van der Waals surface area contributed by atoms with Gasteiger partial charge in [0.1, 0.15) is 0 Å². The van der Waals surface area contributed by atoms with Crippen molar-refractivity contribution >= 4 is 11.6 Å². The maximum atomic E-state index is 11.6. The normalized spacial score (nSPS) is 49.1. The zero-order valence-corrected chi connectivity index (χ0v) is 15.1. The predicted octanol–water partition coefficient (Wildman–Crippen LogP) is 2.07. The molecule has 26 heavy (non-hydrogen) atoms. The largest absolute Gasteiger partial charge is 0.387 e. The van der Waals surface area contributed by atoms with E-state index in [0.29, 0.717) is 30.9 Å². The Bertz CT molecular complexity index is 789. The summed E-state index contributed by atoms with van der Waals surface area (Å²) in [6.45, 7) is 0.979. The van der Waals surface area contributed by atoms with Crippen LogP contribution in [0.1, 0.15) is 18.4 Å². The van der Waals surface area contributed by atoms with Crippen molar-refractivity contribution in [1.82, 2.24) is 0 Å². The molecule has 0 spiro atoms. The molecular weight excluding hydrogens is 326 g/mol. The third-order valence-corrected chi connectivity index (χ3v) is 8.60. The van der Waals surface area contributed by atoms with Gasteiger partial charge in [0, 0.05) is 18.4 Å². The summed E-state index contributed by atoms with van der Waals surface area (Å²) < 4.78 is 5.25. The Labute approximate surface area is 154 Å². The molecule has 5 aliphatic carbocycles. The molecule has 0 aromatic heterocycles. The number of methoxy groups -OCH3 is 1. The van der Waals surface area contributed by atoms with Crippen LogP contribution in [0.3, 0.4) is 0 Å². The molecule has 9 atom stereocenters. The van der Waals surface area contributed by atoms with E-state index in [9.17, 15) is 5.11 Å². The van der Waals surface area contributed by atoms with Gasteiger partial charge in [-0.05, 0) is 66.3 Å². The van der Waals surface area contributed by atoms with Crippen molar-refractivity contribution in [2.24, 2.45) is 58.1 Å². The van der Waals surface area contributed by atoms with Crippen molar-refractivity contribution in [3.63, 3.8) is 0 Å². The molecule has 9 unspecified atom stereocenters. The van der Waals surface area contributed by atoms with Gasteiger partial charge in [0.15, 0.2) is 5.96 Å². The molecule has 5 nitrogen and oxygen atoms in total. The number of fused-ring (bicyclic) bond motifs is 2. The molecule has 0 saturated heterocycles. The fraction of sp³-hybridized carbons (Fsp3) is 0.667. The number of nitrogens with two attached hydrogens (primary N) is 1. The molecule has 5 aliphatic rings. The number of rotatable bonds is 5. The summed E-state index contributed by atoms with van der Waals surface area (Å²) in [6.07, 6.45) is 2.75. The van der Waals surface area contributed by atoms with Crippen LogP contribution in [0.15, 0.2) is 29.3 Å². The molecule has 2 bridgehead atoms. The van der Waals surface area contributed by atoms with Crippen LogP contribution in [0.5, 0.6) is 0 Å². The number of aliphatic imine (C=N–C) groups is 1. The minimum atomic E-state index is -0.608. The number of nitrogens with one attached hydrogen (secondary N) is 1. The molecule has 5 saturated carbocycles. The lowest BCUT2D eigenvalue weighted by Crippen LogP contribution is -2.56. The lowest BCUT2D eigenvalue weighted by molar-refractivity contribution is -0.123. The maximum absolute atomic E-state index is 11.6. The second-order valence-corrected chi connectivity index (χ2v) is 9.24. The smallest absolute Gasteiger partial charge is 0.193 e. The van der Waals surface area contributed by atoms with Gasteiger partial charge in [-0.15, -0.1) is 0 Å². The first kappa shape index (κ1) is 15.5. The third kappa shape index (κ3) is 1.67. The number of hydrogen-bond donors (Lipinski definition) is 3. The predicted molar refractivity (Wildman–Crippen MR) is 99.4 cm³/mol. The van der Waals surface area contributed by atoms with Crippen LogP contribution in [-0.2, 0) is 11.3 Å². The molecule has 0 aliphatic heterocycles. The summed E-state index contributed by atoms with van der Waals surface area (Å²) in [5.41, 5.74) is 7.54. The molecule has 6 rings (SSSR count). The summed E-state index contributed by atoms with van der Waals surface area (Å²) in [7, 11) is 1.68. The molecule has 0 heterocycles. The van der Waals surface area contributed by atoms with Gasteiger partial charge in [0.25, 0.3) is 0 Å². The van der Waals surface area contributed by atoms with Gasteiger partial charge in [0.05, 0.1) is 18.8 Å². The number of para-hydroxylation sites is 1. The number of ether oxygens (including phenoxy) is 1. The van der Waals surface area contributed by atoms with Crippen molar-refractivity contribution in [1.29, 1.82) is 0 Å². The van der Waals surface area contributed by atoms with Crippen molar-refractivity contribution < 1.29 is 9.84 Å². The molecule has 1 aromatic carbocycles. The van der Waals surface area contributed by atoms with Gasteiger partial charge in [-0.3, -0.25) is 4.99 Å². The number of guanidine groups is 1. The molecule has 5 fully saturated rings. The Hall–Kier alpha value is -1.59. The lowest BCUT2D eigenvalue weighted by Gasteiger charge is -2.51. The van der Waals surface area contributed by atoms with Gasteiger partial charge < -0.3 is 20.9 Å². The van der Waals surface area contributed by atoms with E-state index in [0.717, 1.165) is 46.8 Å². The van der Waals surface area contributed by atoms with E-state index >= 15 is 0 Å². The number of hydrogen-bond acceptors (Lipinski definition) is 3. The first-order valence-corrected chi connectivity index (χ1v) is 9.99. The Morgan fingerprint density at radius 3 is 2.81 bits per heavy atom. The molecule has 0 amide bonds. The van der Waals surface area contributed by atoms with Crippen molar-refractivity contribution in [2.75, 3.05) is 19.0 Å². The quantitative estimate of drug-likeness (QED) is 0.559. The van der Waals surface area contributed by atoms with Crippen LogP contribution in [0, 0.1) is 47.3 Å². The molecule has 4 N–H and O–H groups in total. The fourth-order valence-electron chi connectivity index (χ4n) is 8.25. The lowest BCUT2D eigenvalue weighted by atomic mass is 9.56. The standard InChI is InChI=1S/C21H27N3O2/c1-26-8-10-4-2-3-5-15(10)24-20(22)23-9-21(25)18-12-7-13-16-11(12)6-14(18)17(16)19(13)21/h2-5,11-14,16-19,25H,6-9H2,1H3,(H3,22,23,24). The molecular formula is C21H27N3O2. The zero-order valence-electron chi connectivity index (χ0n) is 15.1. The molecule has 5 heteroatoms. The molecule has 1 aromatic rings. The minimum absolute atomic E-state index is 0.389. The third-order valence-electron chi connectivity index (χ3n) is 8.60. The van der Waals surface area contributed by atoms with Crippen molar-refractivity contribution in [2.45, 2.75) is 25.0 Å². The van der Waals surface area contributed by atoms with Crippen LogP contribution in [0.2, 0.25) is 0 Å². The summed E-state index contributed by atoms with van der Waals surface area (Å²) in [5.74, 6) is 6.34. The van der Waals surface area contributed by atoms with E-state index in [1.165, 1.54) is 12.8 Å². The zero-order chi connectivity index (χ0) is 17.6. The van der Waals surface area contributed by atoms with E-state index in [-0.39, 0.29) is 0 Å². The number of aliphatic hydroxyl groups is 1. The Morgan fingerprint density at radius 1 is 1.19 bits per heavy atom. The minimum Gasteiger partial charge on any atom is -0.387 e. The highest BCUT2D eigenvalue weighted by molar-refractivity contribution is 5.93. The van der Waals surface area contributed by atoms with Crippen molar-refractivity contribution in [3.8, 4) is 0 Å². The van der Waals surface area contributed by atoms with Crippen LogP contribution in [0.25, 0.3) is 0 Å². The fourth-order valence-corrected chi connectivity index (χ4v) is 8.25. The van der Waals surface area contributed by atoms with Gasteiger partial charge >= 0.3 is 0 Å². The van der Waals surface area contributed by atoms with Crippen LogP contribution < -0.4 is 11.1 Å². The average molecular weight is 353 g/mol. The van der Waals surface area contributed by atoms with Crippen LogP contribution in [0.4, 0.5) is 5.69 Å². The van der Waals surface area contributed by atoms with Gasteiger partial charge in [-0.2, -0.15) is 0 Å². The maximum Gasteiger partial charge on any atom is 0.193 e.